The summed E-state index contributed by atoms with van der Waals surface area (Å²) in [5.74, 6) is 1.02. The first-order chi connectivity index (χ1) is 14.1. The minimum absolute atomic E-state index is 0.101. The van der Waals surface area contributed by atoms with Gasteiger partial charge in [0.1, 0.15) is 18.1 Å². The lowest BCUT2D eigenvalue weighted by atomic mass is 9.78. The lowest BCUT2D eigenvalue weighted by Crippen LogP contribution is -2.27. The summed E-state index contributed by atoms with van der Waals surface area (Å²) in [4.78, 5) is 8.25. The second-order valence-corrected chi connectivity index (χ2v) is 9.58. The fraction of sp³-hybridized carbons (Fsp3) is 0.273. The maximum Gasteiger partial charge on any atom is 0.239 e. The lowest BCUT2D eigenvalue weighted by Gasteiger charge is -2.26. The fourth-order valence-corrected chi connectivity index (χ4v) is 3.32. The van der Waals surface area contributed by atoms with Crippen molar-refractivity contribution in [3.05, 3.63) is 77.6 Å². The molecule has 0 saturated heterocycles. The number of phenolic OH excluding ortho intramolecular Hbond substituents is 1. The maximum absolute atomic E-state index is 11.7. The molecule has 7 nitrogen and oxygen atoms in total. The van der Waals surface area contributed by atoms with Crippen LogP contribution in [-0.4, -0.2) is 36.8 Å². The summed E-state index contributed by atoms with van der Waals surface area (Å²) >= 11 is 0. The van der Waals surface area contributed by atoms with Crippen molar-refractivity contribution in [2.45, 2.75) is 25.9 Å². The quantitative estimate of drug-likeness (QED) is 0.621. The molecule has 0 amide bonds. The monoisotopic (exact) mass is 427 g/mol. The first-order valence-corrected chi connectivity index (χ1v) is 11.2. The zero-order chi connectivity index (χ0) is 21.9. The summed E-state index contributed by atoms with van der Waals surface area (Å²) in [5, 5.41) is 9.51. The van der Waals surface area contributed by atoms with E-state index in [4.69, 9.17) is 4.74 Å². The highest BCUT2D eigenvalue weighted by Gasteiger charge is 2.23. The molecule has 0 radical (unpaired) electrons. The minimum Gasteiger partial charge on any atom is -0.508 e. The normalized spacial score (nSPS) is 11.9. The number of hydrogen-bond donors (Lipinski definition) is 1. The number of nitrogens with zero attached hydrogens (tertiary/aromatic N) is 3. The van der Waals surface area contributed by atoms with Crippen LogP contribution in [0.25, 0.3) is 0 Å². The molecule has 0 saturated carbocycles. The van der Waals surface area contributed by atoms with Gasteiger partial charge < -0.3 is 9.84 Å². The SMILES string of the molecule is CN(c1nccc(COc2ccc(C(C)(C)c3ccc(O)cc3)cc2)n1)S(C)(=O)=O. The van der Waals surface area contributed by atoms with E-state index in [1.54, 1.807) is 18.2 Å². The van der Waals surface area contributed by atoms with Crippen molar-refractivity contribution in [1.82, 2.24) is 9.97 Å². The minimum atomic E-state index is -3.43. The first kappa shape index (κ1) is 21.6. The van der Waals surface area contributed by atoms with Crippen LogP contribution in [0.5, 0.6) is 11.5 Å². The molecule has 158 valence electrons. The van der Waals surface area contributed by atoms with Crippen molar-refractivity contribution in [3.8, 4) is 11.5 Å². The summed E-state index contributed by atoms with van der Waals surface area (Å²) in [5.41, 5.74) is 2.55. The fourth-order valence-electron chi connectivity index (χ4n) is 2.93. The highest BCUT2D eigenvalue weighted by atomic mass is 32.2. The summed E-state index contributed by atoms with van der Waals surface area (Å²) in [6.07, 6.45) is 2.60. The first-order valence-electron chi connectivity index (χ1n) is 9.36. The molecule has 0 aliphatic heterocycles. The Bertz CT molecular complexity index is 1110. The molecular formula is C22H25N3O4S. The van der Waals surface area contributed by atoms with Gasteiger partial charge in [0, 0.05) is 18.7 Å². The Morgan fingerprint density at radius 3 is 2.13 bits per heavy atom. The number of ether oxygens (including phenoxy) is 1. The Morgan fingerprint density at radius 2 is 1.57 bits per heavy atom. The van der Waals surface area contributed by atoms with Gasteiger partial charge in [-0.2, -0.15) is 0 Å². The molecule has 0 atom stereocenters. The largest absolute Gasteiger partial charge is 0.508 e. The highest BCUT2D eigenvalue weighted by Crippen LogP contribution is 2.33. The van der Waals surface area contributed by atoms with E-state index < -0.39 is 10.0 Å². The Morgan fingerprint density at radius 1 is 1.00 bits per heavy atom. The van der Waals surface area contributed by atoms with Gasteiger partial charge in [0.05, 0.1) is 11.9 Å². The third kappa shape index (κ3) is 4.88. The van der Waals surface area contributed by atoms with Crippen LogP contribution >= 0.6 is 0 Å². The molecule has 2 aromatic carbocycles. The standard InChI is InChI=1S/C22H25N3O4S/c1-22(2,16-5-9-19(26)10-6-16)17-7-11-20(12-8-17)29-15-18-13-14-23-21(24-18)25(3)30(4,27)28/h5-14,26H,15H2,1-4H3. The molecule has 0 aliphatic carbocycles. The van der Waals surface area contributed by atoms with E-state index in [0.717, 1.165) is 21.7 Å². The Balaban J connectivity index is 1.70. The maximum atomic E-state index is 11.7. The van der Waals surface area contributed by atoms with Crippen LogP contribution in [0.3, 0.4) is 0 Å². The van der Waals surface area contributed by atoms with Crippen molar-refractivity contribution >= 4 is 16.0 Å². The van der Waals surface area contributed by atoms with Crippen LogP contribution < -0.4 is 9.04 Å². The summed E-state index contributed by atoms with van der Waals surface area (Å²) < 4.78 is 30.1. The van der Waals surface area contributed by atoms with E-state index >= 15 is 0 Å². The van der Waals surface area contributed by atoms with Crippen molar-refractivity contribution in [3.63, 3.8) is 0 Å². The Labute approximate surface area is 177 Å². The van der Waals surface area contributed by atoms with Gasteiger partial charge in [-0.15, -0.1) is 0 Å². The molecule has 1 heterocycles. The van der Waals surface area contributed by atoms with Crippen LogP contribution in [0.2, 0.25) is 0 Å². The molecule has 0 aliphatic rings. The zero-order valence-corrected chi connectivity index (χ0v) is 18.2. The molecule has 30 heavy (non-hydrogen) atoms. The van der Waals surface area contributed by atoms with E-state index in [-0.39, 0.29) is 23.7 Å². The van der Waals surface area contributed by atoms with Crippen LogP contribution in [0.15, 0.2) is 60.8 Å². The molecule has 0 unspecified atom stereocenters. The Hall–Kier alpha value is -3.13. The van der Waals surface area contributed by atoms with Gasteiger partial charge in [-0.3, -0.25) is 0 Å². The number of benzene rings is 2. The van der Waals surface area contributed by atoms with Crippen molar-refractivity contribution in [2.75, 3.05) is 17.6 Å². The summed E-state index contributed by atoms with van der Waals surface area (Å²) in [7, 11) is -2.02. The molecule has 3 rings (SSSR count). The van der Waals surface area contributed by atoms with Crippen LogP contribution in [0.1, 0.15) is 30.7 Å². The predicted octanol–water partition coefficient (Wildman–Crippen LogP) is 3.48. The van der Waals surface area contributed by atoms with Crippen molar-refractivity contribution in [1.29, 1.82) is 0 Å². The van der Waals surface area contributed by atoms with Crippen LogP contribution in [-0.2, 0) is 22.0 Å². The third-order valence-electron chi connectivity index (χ3n) is 5.03. The van der Waals surface area contributed by atoms with Crippen molar-refractivity contribution < 1.29 is 18.3 Å². The number of anilines is 1. The molecule has 1 aromatic heterocycles. The molecule has 0 spiro atoms. The van der Waals surface area contributed by atoms with E-state index in [1.165, 1.54) is 13.2 Å². The zero-order valence-electron chi connectivity index (χ0n) is 17.4. The van der Waals surface area contributed by atoms with Crippen LogP contribution in [0.4, 0.5) is 5.95 Å². The molecule has 1 N–H and O–H groups in total. The highest BCUT2D eigenvalue weighted by molar-refractivity contribution is 7.92. The summed E-state index contributed by atoms with van der Waals surface area (Å²) in [6, 6.07) is 16.7. The molecule has 3 aromatic rings. The van der Waals surface area contributed by atoms with Gasteiger partial charge in [0.2, 0.25) is 16.0 Å². The van der Waals surface area contributed by atoms with Gasteiger partial charge in [0.25, 0.3) is 0 Å². The third-order valence-corrected chi connectivity index (χ3v) is 6.19. The van der Waals surface area contributed by atoms with E-state index in [0.29, 0.717) is 11.4 Å². The lowest BCUT2D eigenvalue weighted by molar-refractivity contribution is 0.301. The smallest absolute Gasteiger partial charge is 0.239 e. The number of aromatic hydroxyl groups is 1. The molecular weight excluding hydrogens is 402 g/mol. The average Bonchev–Trinajstić information content (AvgIpc) is 2.72. The number of hydrogen-bond acceptors (Lipinski definition) is 6. The second-order valence-electron chi connectivity index (χ2n) is 7.56. The molecule has 0 bridgehead atoms. The van der Waals surface area contributed by atoms with Gasteiger partial charge in [-0.25, -0.2) is 22.7 Å². The topological polar surface area (TPSA) is 92.6 Å². The predicted molar refractivity (Wildman–Crippen MR) is 116 cm³/mol. The number of aromatic nitrogens is 2. The Kier molecular flexibility index (Phi) is 5.98. The van der Waals surface area contributed by atoms with Crippen molar-refractivity contribution in [2.24, 2.45) is 0 Å². The van der Waals surface area contributed by atoms with E-state index in [1.807, 2.05) is 36.4 Å². The van der Waals surface area contributed by atoms with Crippen LogP contribution in [0, 0.1) is 0 Å². The van der Waals surface area contributed by atoms with Gasteiger partial charge in [0.15, 0.2) is 0 Å². The van der Waals surface area contributed by atoms with E-state index in [2.05, 4.69) is 23.8 Å². The summed E-state index contributed by atoms with van der Waals surface area (Å²) in [6.45, 7) is 4.43. The number of sulfonamides is 1. The second kappa shape index (κ2) is 8.31. The van der Waals surface area contributed by atoms with Gasteiger partial charge in [-0.1, -0.05) is 38.1 Å². The van der Waals surface area contributed by atoms with Gasteiger partial charge in [-0.05, 0) is 41.5 Å². The molecule has 8 heteroatoms. The van der Waals surface area contributed by atoms with E-state index in [9.17, 15) is 13.5 Å². The number of rotatable bonds is 7. The average molecular weight is 428 g/mol. The number of phenols is 1. The molecule has 0 fully saturated rings. The van der Waals surface area contributed by atoms with Gasteiger partial charge >= 0.3 is 0 Å².